The average Bonchev–Trinajstić information content (AvgIpc) is 3.22. The number of rotatable bonds is 3. The summed E-state index contributed by atoms with van der Waals surface area (Å²) in [5.41, 5.74) is 7.07. The van der Waals surface area contributed by atoms with Crippen molar-refractivity contribution in [2.75, 3.05) is 31.1 Å². The van der Waals surface area contributed by atoms with E-state index in [1.165, 1.54) is 12.5 Å². The molecular weight excluding hydrogens is 356 g/mol. The quantitative estimate of drug-likeness (QED) is 0.639. The van der Waals surface area contributed by atoms with Crippen molar-refractivity contribution in [1.29, 1.82) is 0 Å². The van der Waals surface area contributed by atoms with Crippen LogP contribution in [0.1, 0.15) is 19.3 Å². The Kier molecular flexibility index (Phi) is 5.39. The number of amides is 1. The molecule has 2 aliphatic carbocycles. The lowest BCUT2D eigenvalue weighted by molar-refractivity contribution is -0.384. The summed E-state index contributed by atoms with van der Waals surface area (Å²) in [4.78, 5) is 27.7. The van der Waals surface area contributed by atoms with Crippen LogP contribution in [-0.2, 0) is 4.79 Å². The second-order valence-corrected chi connectivity index (χ2v) is 7.49. The number of anilines is 1. The zero-order valence-electron chi connectivity index (χ0n) is 14.6. The molecule has 0 spiro atoms. The molecule has 26 heavy (non-hydrogen) atoms. The third-order valence-corrected chi connectivity index (χ3v) is 6.28. The van der Waals surface area contributed by atoms with Crippen LogP contribution in [0.2, 0.25) is 0 Å². The molecule has 7 nitrogen and oxygen atoms in total. The van der Waals surface area contributed by atoms with Gasteiger partial charge in [0, 0.05) is 38.3 Å². The lowest BCUT2D eigenvalue weighted by Gasteiger charge is -2.39. The van der Waals surface area contributed by atoms with E-state index < -0.39 is 0 Å². The second kappa shape index (κ2) is 7.40. The zero-order chi connectivity index (χ0) is 17.6. The standard InChI is InChI=1S/C18H24N4O3.ClH/c19-17-13-6-5-12(11-13)16(17)18(23)21-9-7-20(8-10-21)14-3-1-2-4-15(14)22(24)25;/h1-4,12-13,16-17H,5-11,19H2;1H. The molecule has 0 radical (unpaired) electrons. The summed E-state index contributed by atoms with van der Waals surface area (Å²) in [6.07, 6.45) is 3.40. The maximum absolute atomic E-state index is 12.9. The van der Waals surface area contributed by atoms with Gasteiger partial charge in [0.1, 0.15) is 5.69 Å². The summed E-state index contributed by atoms with van der Waals surface area (Å²) >= 11 is 0. The van der Waals surface area contributed by atoms with Crippen LogP contribution in [0.15, 0.2) is 24.3 Å². The largest absolute Gasteiger partial charge is 0.362 e. The molecule has 1 aromatic carbocycles. The first-order valence-corrected chi connectivity index (χ1v) is 9.09. The van der Waals surface area contributed by atoms with Crippen LogP contribution < -0.4 is 10.6 Å². The van der Waals surface area contributed by atoms with Crippen LogP contribution >= 0.6 is 12.4 Å². The molecule has 8 heteroatoms. The molecule has 2 N–H and O–H groups in total. The number of benzene rings is 1. The topological polar surface area (TPSA) is 92.7 Å². The van der Waals surface area contributed by atoms with Gasteiger partial charge >= 0.3 is 0 Å². The van der Waals surface area contributed by atoms with Gasteiger partial charge in [-0.25, -0.2) is 0 Å². The van der Waals surface area contributed by atoms with Gasteiger partial charge in [-0.3, -0.25) is 14.9 Å². The molecular formula is C18H25ClN4O3. The first kappa shape index (κ1) is 18.9. The Labute approximate surface area is 159 Å². The monoisotopic (exact) mass is 380 g/mol. The van der Waals surface area contributed by atoms with Gasteiger partial charge in [0.05, 0.1) is 10.8 Å². The minimum absolute atomic E-state index is 0. The number of hydrogen-bond donors (Lipinski definition) is 1. The highest BCUT2D eigenvalue weighted by Crippen LogP contribution is 2.48. The number of hydrogen-bond acceptors (Lipinski definition) is 5. The Morgan fingerprint density at radius 2 is 1.77 bits per heavy atom. The van der Waals surface area contributed by atoms with Crippen LogP contribution in [0.5, 0.6) is 0 Å². The van der Waals surface area contributed by atoms with Gasteiger partial charge in [0.25, 0.3) is 5.69 Å². The summed E-state index contributed by atoms with van der Waals surface area (Å²) in [5, 5.41) is 11.2. The molecule has 1 amide bonds. The molecule has 142 valence electrons. The van der Waals surface area contributed by atoms with E-state index >= 15 is 0 Å². The Morgan fingerprint density at radius 3 is 2.38 bits per heavy atom. The summed E-state index contributed by atoms with van der Waals surface area (Å²) < 4.78 is 0. The van der Waals surface area contributed by atoms with Gasteiger partial charge in [-0.1, -0.05) is 12.1 Å². The lowest BCUT2D eigenvalue weighted by Crippen LogP contribution is -2.54. The fourth-order valence-electron chi connectivity index (χ4n) is 4.97. The van der Waals surface area contributed by atoms with Crippen LogP contribution in [0.4, 0.5) is 11.4 Å². The zero-order valence-corrected chi connectivity index (χ0v) is 15.4. The number of piperazine rings is 1. The Morgan fingerprint density at radius 1 is 1.12 bits per heavy atom. The van der Waals surface area contributed by atoms with E-state index in [2.05, 4.69) is 0 Å². The number of halogens is 1. The molecule has 1 heterocycles. The molecule has 1 aliphatic heterocycles. The van der Waals surface area contributed by atoms with Crippen molar-refractivity contribution >= 4 is 29.7 Å². The molecule has 2 saturated carbocycles. The minimum Gasteiger partial charge on any atom is -0.362 e. The van der Waals surface area contributed by atoms with Gasteiger partial charge in [-0.05, 0) is 37.2 Å². The number of nitro groups is 1. The van der Waals surface area contributed by atoms with E-state index in [1.54, 1.807) is 12.1 Å². The third kappa shape index (κ3) is 3.14. The molecule has 3 fully saturated rings. The number of para-hydroxylation sites is 2. The Balaban J connectivity index is 0.00000196. The summed E-state index contributed by atoms with van der Waals surface area (Å²) in [7, 11) is 0. The van der Waals surface area contributed by atoms with Crippen LogP contribution in [-0.4, -0.2) is 48.0 Å². The first-order chi connectivity index (χ1) is 12.1. The first-order valence-electron chi connectivity index (χ1n) is 9.09. The summed E-state index contributed by atoms with van der Waals surface area (Å²) in [6, 6.07) is 6.81. The smallest absolute Gasteiger partial charge is 0.292 e. The highest BCUT2D eigenvalue weighted by Gasteiger charge is 2.50. The molecule has 1 aromatic rings. The number of carbonyl (C=O) groups excluding carboxylic acids is 1. The van der Waals surface area contributed by atoms with Crippen molar-refractivity contribution < 1.29 is 9.72 Å². The van der Waals surface area contributed by atoms with E-state index in [1.807, 2.05) is 15.9 Å². The molecule has 4 rings (SSSR count). The number of fused-ring (bicyclic) bond motifs is 2. The highest BCUT2D eigenvalue weighted by atomic mass is 35.5. The lowest BCUT2D eigenvalue weighted by atomic mass is 9.84. The van der Waals surface area contributed by atoms with E-state index in [-0.39, 0.29) is 40.9 Å². The maximum Gasteiger partial charge on any atom is 0.292 e. The maximum atomic E-state index is 12.9. The SMILES string of the molecule is Cl.NC1C2CCC(C2)C1C(=O)N1CCN(c2ccccc2[N+](=O)[O-])CC1. The van der Waals surface area contributed by atoms with Gasteiger partial charge < -0.3 is 15.5 Å². The Hall–Kier alpha value is -1.86. The van der Waals surface area contributed by atoms with E-state index in [0.717, 1.165) is 12.8 Å². The van der Waals surface area contributed by atoms with Crippen molar-refractivity contribution in [2.45, 2.75) is 25.3 Å². The third-order valence-electron chi connectivity index (χ3n) is 6.28. The van der Waals surface area contributed by atoms with Crippen LogP contribution in [0.3, 0.4) is 0 Å². The number of nitrogens with two attached hydrogens (primary N) is 1. The van der Waals surface area contributed by atoms with Gasteiger partial charge in [-0.2, -0.15) is 0 Å². The molecule has 3 aliphatic rings. The van der Waals surface area contributed by atoms with Crippen LogP contribution in [0, 0.1) is 27.9 Å². The molecule has 0 aromatic heterocycles. The number of nitrogens with zero attached hydrogens (tertiary/aromatic N) is 3. The van der Waals surface area contributed by atoms with Crippen molar-refractivity contribution in [1.82, 2.24) is 4.90 Å². The van der Waals surface area contributed by atoms with Gasteiger partial charge in [0.2, 0.25) is 5.91 Å². The molecule has 4 atom stereocenters. The Bertz CT molecular complexity index is 691. The number of nitro benzene ring substituents is 1. The second-order valence-electron chi connectivity index (χ2n) is 7.49. The highest BCUT2D eigenvalue weighted by molar-refractivity contribution is 5.85. The van der Waals surface area contributed by atoms with Gasteiger partial charge in [-0.15, -0.1) is 12.4 Å². The fraction of sp³-hybridized carbons (Fsp3) is 0.611. The van der Waals surface area contributed by atoms with Gasteiger partial charge in [0.15, 0.2) is 0 Å². The summed E-state index contributed by atoms with van der Waals surface area (Å²) in [5.74, 6) is 1.16. The summed E-state index contributed by atoms with van der Waals surface area (Å²) in [6.45, 7) is 2.44. The minimum atomic E-state index is -0.346. The predicted octanol–water partition coefficient (Wildman–Crippen LogP) is 2.04. The van der Waals surface area contributed by atoms with Crippen molar-refractivity contribution in [3.05, 3.63) is 34.4 Å². The normalized spacial score (nSPS) is 30.2. The predicted molar refractivity (Wildman–Crippen MR) is 101 cm³/mol. The van der Waals surface area contributed by atoms with E-state index in [0.29, 0.717) is 43.7 Å². The van der Waals surface area contributed by atoms with E-state index in [4.69, 9.17) is 5.73 Å². The fourth-order valence-corrected chi connectivity index (χ4v) is 4.97. The average molecular weight is 381 g/mol. The van der Waals surface area contributed by atoms with Crippen LogP contribution in [0.25, 0.3) is 0 Å². The molecule has 2 bridgehead atoms. The molecule has 4 unspecified atom stereocenters. The van der Waals surface area contributed by atoms with Crippen molar-refractivity contribution in [2.24, 2.45) is 23.5 Å². The van der Waals surface area contributed by atoms with Crippen molar-refractivity contribution in [3.63, 3.8) is 0 Å². The molecule has 1 saturated heterocycles. The van der Waals surface area contributed by atoms with Crippen molar-refractivity contribution in [3.8, 4) is 0 Å². The van der Waals surface area contributed by atoms with E-state index in [9.17, 15) is 14.9 Å². The number of carbonyl (C=O) groups is 1.